The lowest BCUT2D eigenvalue weighted by atomic mass is 10.00. The maximum absolute atomic E-state index is 12.5. The summed E-state index contributed by atoms with van der Waals surface area (Å²) in [6.45, 7) is 0.417. The second-order valence-electron chi connectivity index (χ2n) is 4.97. The van der Waals surface area contributed by atoms with E-state index in [9.17, 15) is 13.2 Å². The summed E-state index contributed by atoms with van der Waals surface area (Å²) in [4.78, 5) is 0. The largest absolute Gasteiger partial charge is 0.416 e. The first-order valence-corrected chi connectivity index (χ1v) is 6.62. The number of alkyl halides is 3. The van der Waals surface area contributed by atoms with E-state index in [1.54, 1.807) is 0 Å². The Morgan fingerprint density at radius 2 is 1.33 bits per heavy atom. The molecule has 5 heteroatoms. The summed E-state index contributed by atoms with van der Waals surface area (Å²) < 4.78 is 37.5. The third kappa shape index (κ3) is 4.06. The molecule has 0 aliphatic rings. The molecule has 0 bridgehead atoms. The summed E-state index contributed by atoms with van der Waals surface area (Å²) in [6, 6.07) is 12.6. The quantitative estimate of drug-likeness (QED) is 0.910. The van der Waals surface area contributed by atoms with Crippen LogP contribution in [-0.2, 0) is 12.6 Å². The van der Waals surface area contributed by atoms with Crippen LogP contribution in [0.5, 0.6) is 0 Å². The molecule has 0 aliphatic heterocycles. The average molecular weight is 294 g/mol. The van der Waals surface area contributed by atoms with Crippen LogP contribution < -0.4 is 11.5 Å². The lowest BCUT2D eigenvalue weighted by Crippen LogP contribution is -2.31. The first-order chi connectivity index (χ1) is 9.90. The molecule has 0 radical (unpaired) electrons. The molecule has 2 aromatic rings. The van der Waals surface area contributed by atoms with Crippen LogP contribution in [0.3, 0.4) is 0 Å². The Balaban J connectivity index is 2.15. The molecule has 2 rings (SSSR count). The van der Waals surface area contributed by atoms with Crippen LogP contribution in [0.2, 0.25) is 0 Å². The van der Waals surface area contributed by atoms with Crippen LogP contribution in [0, 0.1) is 0 Å². The third-order valence-corrected chi connectivity index (χ3v) is 3.30. The van der Waals surface area contributed by atoms with Crippen molar-refractivity contribution in [3.05, 3.63) is 59.7 Å². The molecule has 0 aliphatic carbocycles. The molecule has 0 saturated carbocycles. The normalized spacial score (nSPS) is 13.2. The number of hydrogen-bond donors (Lipinski definition) is 2. The highest BCUT2D eigenvalue weighted by molar-refractivity contribution is 5.64. The fourth-order valence-electron chi connectivity index (χ4n) is 2.07. The van der Waals surface area contributed by atoms with Gasteiger partial charge in [-0.3, -0.25) is 0 Å². The Labute approximate surface area is 121 Å². The van der Waals surface area contributed by atoms with Crippen LogP contribution >= 0.6 is 0 Å². The summed E-state index contributed by atoms with van der Waals surface area (Å²) in [5.74, 6) is 0. The van der Waals surface area contributed by atoms with Crippen molar-refractivity contribution < 1.29 is 13.2 Å². The first kappa shape index (κ1) is 15.5. The van der Waals surface area contributed by atoms with E-state index < -0.39 is 11.7 Å². The minimum Gasteiger partial charge on any atom is -0.329 e. The van der Waals surface area contributed by atoms with Crippen molar-refractivity contribution in [2.45, 2.75) is 18.6 Å². The fourth-order valence-corrected chi connectivity index (χ4v) is 2.07. The Morgan fingerprint density at radius 1 is 0.857 bits per heavy atom. The number of hydrogen-bond acceptors (Lipinski definition) is 2. The van der Waals surface area contributed by atoms with E-state index in [0.717, 1.165) is 28.8 Å². The molecule has 0 aromatic heterocycles. The van der Waals surface area contributed by atoms with Gasteiger partial charge in [0.25, 0.3) is 0 Å². The highest BCUT2D eigenvalue weighted by Gasteiger charge is 2.29. The van der Waals surface area contributed by atoms with E-state index in [4.69, 9.17) is 11.5 Å². The minimum atomic E-state index is -4.30. The molecule has 0 saturated heterocycles. The summed E-state index contributed by atoms with van der Waals surface area (Å²) in [5, 5.41) is 0. The zero-order chi connectivity index (χ0) is 15.5. The predicted molar refractivity (Wildman–Crippen MR) is 77.6 cm³/mol. The smallest absolute Gasteiger partial charge is 0.329 e. The van der Waals surface area contributed by atoms with Gasteiger partial charge >= 0.3 is 6.18 Å². The highest BCUT2D eigenvalue weighted by atomic mass is 19.4. The van der Waals surface area contributed by atoms with Gasteiger partial charge in [-0.2, -0.15) is 13.2 Å². The zero-order valence-electron chi connectivity index (χ0n) is 11.4. The first-order valence-electron chi connectivity index (χ1n) is 6.62. The van der Waals surface area contributed by atoms with Crippen LogP contribution in [-0.4, -0.2) is 12.6 Å². The van der Waals surface area contributed by atoms with E-state index in [0.29, 0.717) is 13.0 Å². The van der Waals surface area contributed by atoms with Crippen molar-refractivity contribution in [2.75, 3.05) is 6.54 Å². The maximum Gasteiger partial charge on any atom is 0.416 e. The maximum atomic E-state index is 12.5. The molecular formula is C16H17F3N2. The lowest BCUT2D eigenvalue weighted by molar-refractivity contribution is -0.137. The Kier molecular flexibility index (Phi) is 4.65. The van der Waals surface area contributed by atoms with Crippen LogP contribution in [0.25, 0.3) is 11.1 Å². The van der Waals surface area contributed by atoms with Gasteiger partial charge < -0.3 is 11.5 Å². The van der Waals surface area contributed by atoms with Crippen molar-refractivity contribution in [1.29, 1.82) is 0 Å². The molecule has 4 N–H and O–H groups in total. The Morgan fingerprint density at radius 3 is 1.76 bits per heavy atom. The molecule has 1 atom stereocenters. The van der Waals surface area contributed by atoms with Gasteiger partial charge in [-0.25, -0.2) is 0 Å². The summed E-state index contributed by atoms with van der Waals surface area (Å²) in [5.41, 5.74) is 13.3. The summed E-state index contributed by atoms with van der Waals surface area (Å²) >= 11 is 0. The predicted octanol–water partition coefficient (Wildman–Crippen LogP) is 3.20. The Bertz CT molecular complexity index is 574. The topological polar surface area (TPSA) is 52.0 Å². The van der Waals surface area contributed by atoms with Gasteiger partial charge in [-0.1, -0.05) is 36.4 Å². The molecule has 0 fully saturated rings. The second kappa shape index (κ2) is 6.28. The van der Waals surface area contributed by atoms with Crippen LogP contribution in [0.15, 0.2) is 48.5 Å². The van der Waals surface area contributed by atoms with Gasteiger partial charge in [0, 0.05) is 12.6 Å². The monoisotopic (exact) mass is 294 g/mol. The molecule has 2 aromatic carbocycles. The van der Waals surface area contributed by atoms with E-state index in [1.165, 1.54) is 12.1 Å². The van der Waals surface area contributed by atoms with E-state index >= 15 is 0 Å². The van der Waals surface area contributed by atoms with Gasteiger partial charge in [-0.15, -0.1) is 0 Å². The van der Waals surface area contributed by atoms with E-state index in [1.807, 2.05) is 24.3 Å². The summed E-state index contributed by atoms with van der Waals surface area (Å²) in [7, 11) is 0. The molecule has 0 spiro atoms. The highest BCUT2D eigenvalue weighted by Crippen LogP contribution is 2.31. The third-order valence-electron chi connectivity index (χ3n) is 3.30. The number of halogens is 3. The molecule has 1 unspecified atom stereocenters. The molecule has 112 valence electrons. The molecule has 0 heterocycles. The van der Waals surface area contributed by atoms with Gasteiger partial charge in [-0.05, 0) is 35.2 Å². The average Bonchev–Trinajstić information content (AvgIpc) is 2.47. The molecule has 0 amide bonds. The zero-order valence-corrected chi connectivity index (χ0v) is 11.4. The molecule has 21 heavy (non-hydrogen) atoms. The van der Waals surface area contributed by atoms with Crippen molar-refractivity contribution >= 4 is 0 Å². The van der Waals surface area contributed by atoms with E-state index in [-0.39, 0.29) is 6.04 Å². The van der Waals surface area contributed by atoms with Gasteiger partial charge in [0.05, 0.1) is 5.56 Å². The number of rotatable bonds is 4. The van der Waals surface area contributed by atoms with Crippen LogP contribution in [0.1, 0.15) is 11.1 Å². The SMILES string of the molecule is NCC(N)Cc1ccc(-c2ccc(C(F)(F)F)cc2)cc1. The number of benzene rings is 2. The summed E-state index contributed by atoms with van der Waals surface area (Å²) in [6.07, 6.45) is -3.62. The van der Waals surface area contributed by atoms with Crippen molar-refractivity contribution in [3.63, 3.8) is 0 Å². The second-order valence-corrected chi connectivity index (χ2v) is 4.97. The standard InChI is InChI=1S/C16H17F3N2/c17-16(18,19)14-7-5-13(6-8-14)12-3-1-11(2-4-12)9-15(21)10-20/h1-8,15H,9-10,20-21H2. The number of nitrogens with two attached hydrogens (primary N) is 2. The minimum absolute atomic E-state index is 0.0816. The van der Waals surface area contributed by atoms with Crippen molar-refractivity contribution in [2.24, 2.45) is 11.5 Å². The van der Waals surface area contributed by atoms with Crippen LogP contribution in [0.4, 0.5) is 13.2 Å². The van der Waals surface area contributed by atoms with Crippen molar-refractivity contribution in [1.82, 2.24) is 0 Å². The molecular weight excluding hydrogens is 277 g/mol. The van der Waals surface area contributed by atoms with E-state index in [2.05, 4.69) is 0 Å². The van der Waals surface area contributed by atoms with Gasteiger partial charge in [0.1, 0.15) is 0 Å². The Hall–Kier alpha value is -1.85. The van der Waals surface area contributed by atoms with Crippen molar-refractivity contribution in [3.8, 4) is 11.1 Å². The lowest BCUT2D eigenvalue weighted by Gasteiger charge is -2.10. The van der Waals surface area contributed by atoms with Gasteiger partial charge in [0.15, 0.2) is 0 Å². The van der Waals surface area contributed by atoms with Gasteiger partial charge in [0.2, 0.25) is 0 Å². The molecule has 2 nitrogen and oxygen atoms in total. The fraction of sp³-hybridized carbons (Fsp3) is 0.250.